The normalized spacial score (nSPS) is 11.2. The summed E-state index contributed by atoms with van der Waals surface area (Å²) in [4.78, 5) is 24.9. The molecule has 0 unspecified atom stereocenters. The Morgan fingerprint density at radius 1 is 0.897 bits per heavy atom. The Balaban J connectivity index is 1.42. The molecule has 0 aliphatic rings. The van der Waals surface area contributed by atoms with E-state index in [-0.39, 0.29) is 10.6 Å². The molecule has 1 amide bonds. The van der Waals surface area contributed by atoms with Crippen LogP contribution in [0.2, 0.25) is 5.02 Å². The summed E-state index contributed by atoms with van der Waals surface area (Å²) in [5.41, 5.74) is 4.59. The smallest absolute Gasteiger partial charge is 0.343 e. The molecule has 8 nitrogen and oxygen atoms in total. The van der Waals surface area contributed by atoms with Gasteiger partial charge in [0.05, 0.1) is 22.4 Å². The molecule has 0 heterocycles. The lowest BCUT2D eigenvalue weighted by Gasteiger charge is -2.23. The maximum absolute atomic E-state index is 13.4. The first kappa shape index (κ1) is 27.6. The molecule has 4 aromatic carbocycles. The quantitative estimate of drug-likeness (QED) is 0.131. The zero-order valence-corrected chi connectivity index (χ0v) is 22.4. The molecular weight excluding hydrogens is 538 g/mol. The van der Waals surface area contributed by atoms with E-state index in [4.69, 9.17) is 16.3 Å². The van der Waals surface area contributed by atoms with Crippen LogP contribution >= 0.6 is 11.6 Å². The largest absolute Gasteiger partial charge is 0.423 e. The van der Waals surface area contributed by atoms with Gasteiger partial charge in [-0.05, 0) is 85.3 Å². The number of carbonyl (C=O) groups excluding carboxylic acids is 2. The second-order valence-corrected chi connectivity index (χ2v) is 10.7. The standard InChI is InChI=1S/C29H24ClN3O5S/c1-21-7-17-27(18-8-21)39(36,37)33(25-13-11-24(30)12-14-25)20-28(34)32-31-19-22-9-15-26(16-10-22)38-29(35)23-5-3-2-4-6-23/h2-19H,20H2,1H3,(H,32,34)/b31-19-. The van der Waals surface area contributed by atoms with E-state index in [1.54, 1.807) is 72.8 Å². The van der Waals surface area contributed by atoms with E-state index >= 15 is 0 Å². The molecule has 10 heteroatoms. The number of carbonyl (C=O) groups is 2. The molecular formula is C29H24ClN3O5S. The van der Waals surface area contributed by atoms with Crippen molar-refractivity contribution in [2.45, 2.75) is 11.8 Å². The molecule has 0 atom stereocenters. The van der Waals surface area contributed by atoms with Crippen molar-refractivity contribution in [3.05, 3.63) is 125 Å². The maximum Gasteiger partial charge on any atom is 0.343 e. The van der Waals surface area contributed by atoms with Crippen molar-refractivity contribution in [2.24, 2.45) is 5.10 Å². The summed E-state index contributed by atoms with van der Waals surface area (Å²) in [6.45, 7) is 1.34. The van der Waals surface area contributed by atoms with Crippen LogP contribution in [-0.2, 0) is 14.8 Å². The predicted octanol–water partition coefficient (Wildman–Crippen LogP) is 5.21. The molecule has 0 fully saturated rings. The Morgan fingerprint density at radius 2 is 1.54 bits per heavy atom. The van der Waals surface area contributed by atoms with E-state index < -0.39 is 28.4 Å². The van der Waals surface area contributed by atoms with Crippen LogP contribution in [0.25, 0.3) is 0 Å². The second kappa shape index (κ2) is 12.4. The third kappa shape index (κ3) is 7.31. The van der Waals surface area contributed by atoms with E-state index in [1.165, 1.54) is 30.5 Å². The van der Waals surface area contributed by atoms with Gasteiger partial charge in [-0.25, -0.2) is 18.6 Å². The lowest BCUT2D eigenvalue weighted by Crippen LogP contribution is -2.39. The number of hydrogen-bond donors (Lipinski definition) is 1. The van der Waals surface area contributed by atoms with Crippen LogP contribution in [0, 0.1) is 6.92 Å². The van der Waals surface area contributed by atoms with E-state index in [9.17, 15) is 18.0 Å². The summed E-state index contributed by atoms with van der Waals surface area (Å²) >= 11 is 5.97. The minimum atomic E-state index is -4.05. The summed E-state index contributed by atoms with van der Waals surface area (Å²) in [5.74, 6) is -0.773. The number of nitrogens with zero attached hydrogens (tertiary/aromatic N) is 2. The molecule has 0 aliphatic heterocycles. The van der Waals surface area contributed by atoms with E-state index in [2.05, 4.69) is 10.5 Å². The van der Waals surface area contributed by atoms with Crippen LogP contribution in [0.3, 0.4) is 0 Å². The fourth-order valence-corrected chi connectivity index (χ4v) is 5.01. The van der Waals surface area contributed by atoms with Gasteiger partial charge in [0.2, 0.25) is 0 Å². The van der Waals surface area contributed by atoms with E-state index in [0.717, 1.165) is 9.87 Å². The Labute approximate surface area is 231 Å². The first-order chi connectivity index (χ1) is 18.7. The van der Waals surface area contributed by atoms with Gasteiger partial charge in [0.25, 0.3) is 15.9 Å². The number of esters is 1. The number of rotatable bonds is 9. The number of anilines is 1. The number of nitrogens with one attached hydrogen (secondary N) is 1. The SMILES string of the molecule is Cc1ccc(S(=O)(=O)N(CC(=O)N/N=C\c2ccc(OC(=O)c3ccccc3)cc2)c2ccc(Cl)cc2)cc1. The van der Waals surface area contributed by atoms with Gasteiger partial charge >= 0.3 is 5.97 Å². The molecule has 198 valence electrons. The lowest BCUT2D eigenvalue weighted by atomic mass is 10.2. The molecule has 0 saturated heterocycles. The highest BCUT2D eigenvalue weighted by Crippen LogP contribution is 2.25. The number of amides is 1. The van der Waals surface area contributed by atoms with E-state index in [0.29, 0.717) is 21.9 Å². The van der Waals surface area contributed by atoms with Crippen molar-refractivity contribution in [3.8, 4) is 5.75 Å². The highest BCUT2D eigenvalue weighted by atomic mass is 35.5. The zero-order valence-electron chi connectivity index (χ0n) is 20.8. The molecule has 4 aromatic rings. The Hall–Kier alpha value is -4.47. The fourth-order valence-electron chi connectivity index (χ4n) is 3.47. The number of aryl methyl sites for hydroxylation is 1. The van der Waals surface area contributed by atoms with Crippen LogP contribution in [0.5, 0.6) is 5.75 Å². The summed E-state index contributed by atoms with van der Waals surface area (Å²) in [6.07, 6.45) is 1.39. The van der Waals surface area contributed by atoms with Gasteiger partial charge < -0.3 is 4.74 Å². The zero-order chi connectivity index (χ0) is 27.8. The number of benzene rings is 4. The molecule has 0 radical (unpaired) electrons. The summed E-state index contributed by atoms with van der Waals surface area (Å²) in [7, 11) is -4.05. The second-order valence-electron chi connectivity index (χ2n) is 8.42. The average Bonchev–Trinajstić information content (AvgIpc) is 2.94. The Kier molecular flexibility index (Phi) is 8.75. The van der Waals surface area contributed by atoms with Crippen molar-refractivity contribution < 1.29 is 22.7 Å². The van der Waals surface area contributed by atoms with Crippen LogP contribution < -0.4 is 14.5 Å². The molecule has 0 aliphatic carbocycles. The van der Waals surface area contributed by atoms with Crippen molar-refractivity contribution in [1.82, 2.24) is 5.43 Å². The van der Waals surface area contributed by atoms with E-state index in [1.807, 2.05) is 13.0 Å². The highest BCUT2D eigenvalue weighted by Gasteiger charge is 2.27. The first-order valence-corrected chi connectivity index (χ1v) is 13.6. The van der Waals surface area contributed by atoms with Gasteiger partial charge in [-0.15, -0.1) is 0 Å². The third-order valence-electron chi connectivity index (χ3n) is 5.51. The van der Waals surface area contributed by atoms with Crippen molar-refractivity contribution in [2.75, 3.05) is 10.8 Å². The van der Waals surface area contributed by atoms with Gasteiger partial charge in [-0.3, -0.25) is 9.10 Å². The predicted molar refractivity (Wildman–Crippen MR) is 151 cm³/mol. The van der Waals surface area contributed by atoms with Crippen molar-refractivity contribution in [3.63, 3.8) is 0 Å². The minimum absolute atomic E-state index is 0.0485. The third-order valence-corrected chi connectivity index (χ3v) is 7.55. The summed E-state index contributed by atoms with van der Waals surface area (Å²) in [6, 6.07) is 27.6. The number of hydrogen-bond acceptors (Lipinski definition) is 6. The van der Waals surface area contributed by atoms with Gasteiger partial charge in [0.15, 0.2) is 0 Å². The van der Waals surface area contributed by atoms with Crippen LogP contribution in [0.1, 0.15) is 21.5 Å². The maximum atomic E-state index is 13.4. The minimum Gasteiger partial charge on any atom is -0.423 e. The topological polar surface area (TPSA) is 105 Å². The van der Waals surface area contributed by atoms with Gasteiger partial charge in [0.1, 0.15) is 12.3 Å². The highest BCUT2D eigenvalue weighted by molar-refractivity contribution is 7.92. The van der Waals surface area contributed by atoms with Gasteiger partial charge in [-0.1, -0.05) is 47.5 Å². The van der Waals surface area contributed by atoms with Crippen LogP contribution in [-0.4, -0.2) is 33.1 Å². The molecule has 0 aromatic heterocycles. The number of ether oxygens (including phenoxy) is 1. The van der Waals surface area contributed by atoms with Gasteiger partial charge in [-0.2, -0.15) is 5.10 Å². The summed E-state index contributed by atoms with van der Waals surface area (Å²) < 4.78 is 33.1. The van der Waals surface area contributed by atoms with Crippen LogP contribution in [0.4, 0.5) is 5.69 Å². The first-order valence-electron chi connectivity index (χ1n) is 11.8. The molecule has 0 bridgehead atoms. The van der Waals surface area contributed by atoms with Crippen LogP contribution in [0.15, 0.2) is 113 Å². The van der Waals surface area contributed by atoms with Crippen molar-refractivity contribution in [1.29, 1.82) is 0 Å². The number of halogens is 1. The number of hydrazone groups is 1. The molecule has 4 rings (SSSR count). The molecule has 0 spiro atoms. The van der Waals surface area contributed by atoms with Gasteiger partial charge in [0, 0.05) is 5.02 Å². The Bertz CT molecular complexity index is 1570. The summed E-state index contributed by atoms with van der Waals surface area (Å²) in [5, 5.41) is 4.36. The fraction of sp³-hybridized carbons (Fsp3) is 0.0690. The number of sulfonamides is 1. The lowest BCUT2D eigenvalue weighted by molar-refractivity contribution is -0.119. The molecule has 1 N–H and O–H groups in total. The monoisotopic (exact) mass is 561 g/mol. The van der Waals surface area contributed by atoms with Crippen molar-refractivity contribution >= 4 is 45.4 Å². The molecule has 39 heavy (non-hydrogen) atoms. The average molecular weight is 562 g/mol. The molecule has 0 saturated carbocycles. The Morgan fingerprint density at radius 3 is 2.18 bits per heavy atom.